The molecule has 3 aromatic rings. The Bertz CT molecular complexity index is 725. The lowest BCUT2D eigenvalue weighted by molar-refractivity contribution is -0.311. The Balaban J connectivity index is 0.00000161. The Hall–Kier alpha value is -1.67. The maximum Gasteiger partial charge on any atom is 0.233 e. The van der Waals surface area contributed by atoms with Crippen molar-refractivity contribution >= 4 is 22.1 Å². The van der Waals surface area contributed by atoms with Crippen LogP contribution in [0.25, 0.3) is 22.1 Å². The number of aromatic nitrogens is 2. The van der Waals surface area contributed by atoms with Gasteiger partial charge in [-0.05, 0) is 25.0 Å². The van der Waals surface area contributed by atoms with Crippen LogP contribution in [-0.2, 0) is 6.42 Å². The van der Waals surface area contributed by atoms with Crippen molar-refractivity contribution in [1.29, 1.82) is 0 Å². The zero-order valence-corrected chi connectivity index (χ0v) is 13.2. The standard InChI is InChI=1S/C18H20N2.ClH/c1-2-3-4-5-9-14-10-8-13-17-18(14)20-16-12-7-6-11-15(16)19-17;/h6-8,10-13H,2-5,9H2,1H3;1H. The predicted molar refractivity (Wildman–Crippen MR) is 83.7 cm³/mol. The molecule has 2 nitrogen and oxygen atoms in total. The van der Waals surface area contributed by atoms with E-state index in [9.17, 15) is 0 Å². The molecular formula is C18H21ClN2. The Morgan fingerprint density at radius 3 is 2.57 bits per heavy atom. The van der Waals surface area contributed by atoms with Gasteiger partial charge in [0.1, 0.15) is 11.0 Å². The van der Waals surface area contributed by atoms with Gasteiger partial charge in [-0.15, -0.1) is 0 Å². The van der Waals surface area contributed by atoms with Crippen molar-refractivity contribution in [3.05, 3.63) is 48.0 Å². The first kappa shape index (κ1) is 15.7. The highest BCUT2D eigenvalue weighted by molar-refractivity contribution is 5.82. The third kappa shape index (κ3) is 3.51. The van der Waals surface area contributed by atoms with E-state index in [2.05, 4.69) is 48.3 Å². The average molecular weight is 301 g/mol. The number of halogens is 1. The first-order chi connectivity index (χ1) is 9.88. The molecule has 0 unspecified atom stereocenters. The van der Waals surface area contributed by atoms with Crippen molar-refractivity contribution < 1.29 is 17.4 Å². The molecule has 1 heterocycles. The molecule has 3 heteroatoms. The van der Waals surface area contributed by atoms with Crippen LogP contribution in [0.4, 0.5) is 0 Å². The number of hydrogen-bond donors (Lipinski definition) is 0. The van der Waals surface area contributed by atoms with Crippen LogP contribution in [0.3, 0.4) is 0 Å². The summed E-state index contributed by atoms with van der Waals surface area (Å²) in [5, 5.41) is 0. The Kier molecular flexibility index (Phi) is 5.51. The summed E-state index contributed by atoms with van der Waals surface area (Å²) in [7, 11) is 0. The average Bonchev–Trinajstić information content (AvgIpc) is 2.50. The van der Waals surface area contributed by atoms with Crippen LogP contribution in [0.2, 0.25) is 0 Å². The quantitative estimate of drug-likeness (QED) is 0.516. The topological polar surface area (TPSA) is 27.0 Å². The van der Waals surface area contributed by atoms with Crippen molar-refractivity contribution in [3.8, 4) is 0 Å². The number of para-hydroxylation sites is 3. The molecule has 0 spiro atoms. The van der Waals surface area contributed by atoms with Crippen molar-refractivity contribution in [2.75, 3.05) is 0 Å². The van der Waals surface area contributed by atoms with E-state index < -0.39 is 0 Å². The van der Waals surface area contributed by atoms with E-state index >= 15 is 0 Å². The zero-order chi connectivity index (χ0) is 13.8. The lowest BCUT2D eigenvalue weighted by atomic mass is 10.0. The summed E-state index contributed by atoms with van der Waals surface area (Å²) in [4.78, 5) is 8.31. The Morgan fingerprint density at radius 1 is 0.905 bits per heavy atom. The molecule has 0 atom stereocenters. The third-order valence-electron chi connectivity index (χ3n) is 3.83. The summed E-state index contributed by atoms with van der Waals surface area (Å²) >= 11 is 0. The van der Waals surface area contributed by atoms with Crippen LogP contribution in [0, 0.1) is 0 Å². The second-order valence-corrected chi connectivity index (χ2v) is 5.38. The van der Waals surface area contributed by atoms with E-state index in [1.807, 2.05) is 6.07 Å². The fourth-order valence-corrected chi connectivity index (χ4v) is 2.72. The number of aromatic amines is 1. The molecular weight excluding hydrogens is 280 g/mol. The van der Waals surface area contributed by atoms with Gasteiger partial charge in [0.25, 0.3) is 0 Å². The van der Waals surface area contributed by atoms with E-state index in [-0.39, 0.29) is 12.4 Å². The minimum atomic E-state index is 0. The van der Waals surface area contributed by atoms with Crippen molar-refractivity contribution in [1.82, 2.24) is 4.98 Å². The number of fused-ring (bicyclic) bond motifs is 2. The number of nitrogens with zero attached hydrogens (tertiary/aromatic N) is 1. The summed E-state index contributed by atoms with van der Waals surface area (Å²) in [6.07, 6.45) is 6.32. The van der Waals surface area contributed by atoms with Crippen LogP contribution >= 0.6 is 0 Å². The molecule has 0 bridgehead atoms. The van der Waals surface area contributed by atoms with Gasteiger partial charge in [-0.2, -0.15) is 0 Å². The maximum atomic E-state index is 4.75. The first-order valence-electron chi connectivity index (χ1n) is 7.58. The highest BCUT2D eigenvalue weighted by atomic mass is 35.5. The molecule has 0 aliphatic rings. The number of hydrogen-bond acceptors (Lipinski definition) is 1. The first-order valence-corrected chi connectivity index (χ1v) is 7.58. The molecule has 1 aromatic heterocycles. The van der Waals surface area contributed by atoms with Crippen LogP contribution in [-0.4, -0.2) is 4.98 Å². The minimum absolute atomic E-state index is 0. The molecule has 0 aliphatic carbocycles. The van der Waals surface area contributed by atoms with E-state index in [1.165, 1.54) is 36.8 Å². The number of unbranched alkanes of at least 4 members (excludes halogenated alkanes) is 3. The molecule has 0 saturated carbocycles. The zero-order valence-electron chi connectivity index (χ0n) is 12.4. The molecule has 0 fully saturated rings. The highest BCUT2D eigenvalue weighted by Gasteiger charge is 2.11. The summed E-state index contributed by atoms with van der Waals surface area (Å²) in [6.45, 7) is 2.25. The van der Waals surface area contributed by atoms with Crippen LogP contribution in [0.1, 0.15) is 38.2 Å². The molecule has 0 saturated heterocycles. The summed E-state index contributed by atoms with van der Waals surface area (Å²) in [5.41, 5.74) is 5.79. The molecule has 3 rings (SSSR count). The Morgan fingerprint density at radius 2 is 1.71 bits per heavy atom. The predicted octanol–water partition coefficient (Wildman–Crippen LogP) is 1.33. The number of H-pyrrole nitrogens is 1. The largest absolute Gasteiger partial charge is 1.00 e. The van der Waals surface area contributed by atoms with Gasteiger partial charge in [0.05, 0.1) is 0 Å². The summed E-state index contributed by atoms with van der Waals surface area (Å²) in [5.74, 6) is 0. The summed E-state index contributed by atoms with van der Waals surface area (Å²) in [6, 6.07) is 14.7. The molecule has 0 aliphatic heterocycles. The van der Waals surface area contributed by atoms with Crippen LogP contribution < -0.4 is 17.4 Å². The normalized spacial score (nSPS) is 10.7. The smallest absolute Gasteiger partial charge is 0.233 e. The highest BCUT2D eigenvalue weighted by Crippen LogP contribution is 2.18. The van der Waals surface area contributed by atoms with Gasteiger partial charge in [-0.1, -0.05) is 50.5 Å². The van der Waals surface area contributed by atoms with Crippen LogP contribution in [0.5, 0.6) is 0 Å². The lowest BCUT2D eigenvalue weighted by Gasteiger charge is -2.02. The Labute approximate surface area is 132 Å². The lowest BCUT2D eigenvalue weighted by Crippen LogP contribution is -3.00. The third-order valence-corrected chi connectivity index (χ3v) is 3.83. The van der Waals surface area contributed by atoms with Gasteiger partial charge in [0.2, 0.25) is 11.0 Å². The second-order valence-electron chi connectivity index (χ2n) is 5.38. The minimum Gasteiger partial charge on any atom is -1.00 e. The van der Waals surface area contributed by atoms with Crippen molar-refractivity contribution in [3.63, 3.8) is 0 Å². The molecule has 0 radical (unpaired) electrons. The fourth-order valence-electron chi connectivity index (χ4n) is 2.72. The van der Waals surface area contributed by atoms with Gasteiger partial charge in [-0.3, -0.25) is 0 Å². The van der Waals surface area contributed by atoms with Gasteiger partial charge < -0.3 is 12.4 Å². The van der Waals surface area contributed by atoms with E-state index in [0.29, 0.717) is 0 Å². The number of nitrogens with one attached hydrogen (secondary N) is 1. The van der Waals surface area contributed by atoms with Gasteiger partial charge in [0.15, 0.2) is 0 Å². The monoisotopic (exact) mass is 300 g/mol. The SMILES string of the molecule is CCCCCCc1cccc2nc3ccccc3[nH+]c12.[Cl-]. The molecule has 110 valence electrons. The van der Waals surface area contributed by atoms with E-state index in [1.54, 1.807) is 0 Å². The molecule has 21 heavy (non-hydrogen) atoms. The molecule has 0 amide bonds. The van der Waals surface area contributed by atoms with Crippen molar-refractivity contribution in [2.45, 2.75) is 39.0 Å². The van der Waals surface area contributed by atoms with Crippen molar-refractivity contribution in [2.24, 2.45) is 0 Å². The van der Waals surface area contributed by atoms with Gasteiger partial charge in [0, 0.05) is 11.6 Å². The molecule has 1 N–H and O–H groups in total. The molecule has 2 aromatic carbocycles. The van der Waals surface area contributed by atoms with Gasteiger partial charge in [-0.25, -0.2) is 9.97 Å². The second kappa shape index (κ2) is 7.37. The van der Waals surface area contributed by atoms with E-state index in [0.717, 1.165) is 23.0 Å². The van der Waals surface area contributed by atoms with E-state index in [4.69, 9.17) is 4.98 Å². The number of rotatable bonds is 5. The number of benzene rings is 2. The fraction of sp³-hybridized carbons (Fsp3) is 0.333. The van der Waals surface area contributed by atoms with Crippen LogP contribution in [0.15, 0.2) is 42.5 Å². The van der Waals surface area contributed by atoms with Gasteiger partial charge >= 0.3 is 0 Å². The maximum absolute atomic E-state index is 4.75. The number of aryl methyl sites for hydroxylation is 1. The summed E-state index contributed by atoms with van der Waals surface area (Å²) < 4.78 is 0.